The summed E-state index contributed by atoms with van der Waals surface area (Å²) in [4.78, 5) is 19.9. The van der Waals surface area contributed by atoms with Crippen LogP contribution in [0.4, 0.5) is 0 Å². The molecule has 3 aliphatic rings. The Labute approximate surface area is 168 Å². The van der Waals surface area contributed by atoms with Gasteiger partial charge in [0.25, 0.3) is 5.91 Å². The van der Waals surface area contributed by atoms with E-state index in [2.05, 4.69) is 53.1 Å². The van der Waals surface area contributed by atoms with Crippen molar-refractivity contribution in [1.82, 2.24) is 10.2 Å². The molecule has 4 rings (SSSR count). The molecule has 2 unspecified atom stereocenters. The number of amides is 1. The molecule has 148 valence electrons. The predicted octanol–water partition coefficient (Wildman–Crippen LogP) is 4.51. The second kappa shape index (κ2) is 6.91. The van der Waals surface area contributed by atoms with Gasteiger partial charge in [-0.05, 0) is 64.8 Å². The van der Waals surface area contributed by atoms with Crippen molar-refractivity contribution in [3.8, 4) is 0 Å². The topological polar surface area (TPSA) is 44.7 Å². The fraction of sp³-hybridized carbons (Fsp3) is 0.500. The Balaban J connectivity index is 1.61. The first kappa shape index (κ1) is 19.0. The van der Waals surface area contributed by atoms with Crippen molar-refractivity contribution in [2.75, 3.05) is 13.1 Å². The second-order valence-electron chi connectivity index (χ2n) is 9.16. The van der Waals surface area contributed by atoms with Crippen molar-refractivity contribution in [1.29, 1.82) is 0 Å². The highest BCUT2D eigenvalue weighted by molar-refractivity contribution is 5.98. The van der Waals surface area contributed by atoms with Gasteiger partial charge in [0.15, 0.2) is 0 Å². The van der Waals surface area contributed by atoms with Gasteiger partial charge in [-0.25, -0.2) is 4.99 Å². The average molecular weight is 378 g/mol. The molecule has 1 aromatic rings. The van der Waals surface area contributed by atoms with Crippen molar-refractivity contribution in [2.45, 2.75) is 64.3 Å². The van der Waals surface area contributed by atoms with Crippen LogP contribution in [0.15, 0.2) is 51.8 Å². The number of hydrogen-bond acceptors (Lipinski definition) is 3. The number of allylic oxidation sites excluding steroid dienone is 1. The van der Waals surface area contributed by atoms with Crippen LogP contribution < -0.4 is 5.32 Å². The van der Waals surface area contributed by atoms with E-state index in [4.69, 9.17) is 0 Å². The zero-order valence-corrected chi connectivity index (χ0v) is 17.5. The first-order valence-corrected chi connectivity index (χ1v) is 10.3. The number of carbonyl (C=O) groups is 1. The number of rotatable bonds is 5. The molecule has 2 bridgehead atoms. The summed E-state index contributed by atoms with van der Waals surface area (Å²) < 4.78 is 0. The normalized spacial score (nSPS) is 24.8. The van der Waals surface area contributed by atoms with E-state index < -0.39 is 0 Å². The first-order valence-electron chi connectivity index (χ1n) is 10.3. The molecular formula is C24H31N3O. The van der Waals surface area contributed by atoms with Crippen molar-refractivity contribution in [3.63, 3.8) is 0 Å². The quantitative estimate of drug-likeness (QED) is 0.466. The number of aliphatic imine (C=N–C) groups is 1. The molecule has 1 amide bonds. The van der Waals surface area contributed by atoms with Crippen LogP contribution in [0.5, 0.6) is 0 Å². The van der Waals surface area contributed by atoms with E-state index in [1.165, 1.54) is 17.5 Å². The lowest BCUT2D eigenvalue weighted by Gasteiger charge is -2.33. The van der Waals surface area contributed by atoms with Crippen molar-refractivity contribution in [2.24, 2.45) is 4.99 Å². The zero-order chi connectivity index (χ0) is 20.1. The largest absolute Gasteiger partial charge is 0.365 e. The third kappa shape index (κ3) is 3.30. The maximum atomic E-state index is 13.6. The third-order valence-corrected chi connectivity index (χ3v) is 6.64. The number of hydrogen-bond donors (Lipinski definition) is 1. The van der Waals surface area contributed by atoms with Gasteiger partial charge in [0.1, 0.15) is 5.82 Å². The maximum Gasteiger partial charge on any atom is 0.254 e. The molecule has 1 heterocycles. The van der Waals surface area contributed by atoms with E-state index in [0.717, 1.165) is 48.5 Å². The van der Waals surface area contributed by atoms with E-state index in [1.807, 2.05) is 20.8 Å². The Morgan fingerprint density at radius 3 is 2.18 bits per heavy atom. The summed E-state index contributed by atoms with van der Waals surface area (Å²) in [6.07, 6.45) is 3.43. The fourth-order valence-electron chi connectivity index (χ4n) is 4.85. The molecule has 0 spiro atoms. The van der Waals surface area contributed by atoms with Gasteiger partial charge in [-0.2, -0.15) is 0 Å². The van der Waals surface area contributed by atoms with E-state index in [9.17, 15) is 4.79 Å². The van der Waals surface area contributed by atoms with Crippen LogP contribution >= 0.6 is 0 Å². The highest BCUT2D eigenvalue weighted by Gasteiger charge is 2.41. The number of piperidine rings is 1. The van der Waals surface area contributed by atoms with Gasteiger partial charge in [0.05, 0.1) is 0 Å². The van der Waals surface area contributed by atoms with Crippen molar-refractivity contribution < 1.29 is 4.79 Å². The number of likely N-dealkylation sites (tertiary alicyclic amines) is 1. The Hall–Kier alpha value is -2.36. The van der Waals surface area contributed by atoms with Crippen LogP contribution in [-0.4, -0.2) is 36.2 Å². The van der Waals surface area contributed by atoms with E-state index in [1.54, 1.807) is 0 Å². The van der Waals surface area contributed by atoms with Gasteiger partial charge in [0.2, 0.25) is 0 Å². The molecule has 1 saturated carbocycles. The Morgan fingerprint density at radius 2 is 1.71 bits per heavy atom. The Bertz CT molecular complexity index is 856. The zero-order valence-electron chi connectivity index (χ0n) is 17.5. The van der Waals surface area contributed by atoms with Crippen LogP contribution in [-0.2, 0) is 4.79 Å². The van der Waals surface area contributed by atoms with Gasteiger partial charge in [-0.15, -0.1) is 0 Å². The summed E-state index contributed by atoms with van der Waals surface area (Å²) in [5.41, 5.74) is 5.69. The molecule has 1 saturated heterocycles. The Morgan fingerprint density at radius 1 is 1.14 bits per heavy atom. The van der Waals surface area contributed by atoms with Gasteiger partial charge in [-0.1, -0.05) is 29.8 Å². The van der Waals surface area contributed by atoms with Crippen LogP contribution in [0.3, 0.4) is 0 Å². The third-order valence-electron chi connectivity index (χ3n) is 6.64. The number of nitrogens with one attached hydrogen (secondary N) is 1. The molecule has 1 aromatic carbocycles. The minimum atomic E-state index is 0.0967. The molecule has 1 aliphatic heterocycles. The Kier molecular flexibility index (Phi) is 4.68. The lowest BCUT2D eigenvalue weighted by Crippen LogP contribution is -2.41. The van der Waals surface area contributed by atoms with Crippen molar-refractivity contribution >= 4 is 12.6 Å². The summed E-state index contributed by atoms with van der Waals surface area (Å²) >= 11 is 0. The van der Waals surface area contributed by atoms with E-state index >= 15 is 0 Å². The summed E-state index contributed by atoms with van der Waals surface area (Å²) in [6, 6.07) is 8.71. The highest BCUT2D eigenvalue weighted by Crippen LogP contribution is 2.46. The minimum absolute atomic E-state index is 0.0967. The molecule has 2 aliphatic carbocycles. The van der Waals surface area contributed by atoms with E-state index in [0.29, 0.717) is 11.8 Å². The molecule has 4 heteroatoms. The molecule has 4 nitrogen and oxygen atoms in total. The summed E-state index contributed by atoms with van der Waals surface area (Å²) in [5.74, 6) is 1.79. The van der Waals surface area contributed by atoms with Crippen molar-refractivity contribution in [3.05, 3.63) is 57.9 Å². The maximum absolute atomic E-state index is 13.6. The van der Waals surface area contributed by atoms with Gasteiger partial charge in [-0.3, -0.25) is 4.79 Å². The van der Waals surface area contributed by atoms with Gasteiger partial charge in [0, 0.05) is 41.6 Å². The lowest BCUT2D eigenvalue weighted by molar-refractivity contribution is -0.128. The van der Waals surface area contributed by atoms with Crippen LogP contribution in [0.1, 0.15) is 69.9 Å². The highest BCUT2D eigenvalue weighted by atomic mass is 16.2. The van der Waals surface area contributed by atoms with Crippen LogP contribution in [0, 0.1) is 0 Å². The minimum Gasteiger partial charge on any atom is -0.365 e. The summed E-state index contributed by atoms with van der Waals surface area (Å²) in [5, 5.41) is 3.50. The average Bonchev–Trinajstić information content (AvgIpc) is 3.36. The SMILES string of the molecule is C=N/C(NC1(C)CC1)=C(\C)C(C(=O)N1CC2CC(C1)c1ccccc12)=C(C)C. The van der Waals surface area contributed by atoms with Gasteiger partial charge < -0.3 is 10.2 Å². The first-order chi connectivity index (χ1) is 13.3. The molecule has 1 N–H and O–H groups in total. The molecule has 0 radical (unpaired) electrons. The lowest BCUT2D eigenvalue weighted by atomic mass is 9.93. The second-order valence-corrected chi connectivity index (χ2v) is 9.16. The van der Waals surface area contributed by atoms with E-state index in [-0.39, 0.29) is 11.4 Å². The van der Waals surface area contributed by atoms with Crippen LogP contribution in [0.2, 0.25) is 0 Å². The standard InChI is InChI=1S/C24H31N3O/c1-15(2)21(16(3)22(25-5)26-24(4)10-11-24)23(28)27-13-17-12-18(14-27)20-9-7-6-8-19(17)20/h6-9,17-18,26H,5,10-14H2,1-4H3/b22-16-. The molecular weight excluding hydrogens is 346 g/mol. The molecule has 2 atom stereocenters. The number of benzene rings is 1. The molecule has 2 fully saturated rings. The van der Waals surface area contributed by atoms with Crippen LogP contribution in [0.25, 0.3) is 0 Å². The predicted molar refractivity (Wildman–Crippen MR) is 115 cm³/mol. The number of fused-ring (bicyclic) bond motifs is 5. The van der Waals surface area contributed by atoms with Gasteiger partial charge >= 0.3 is 0 Å². The smallest absolute Gasteiger partial charge is 0.254 e. The monoisotopic (exact) mass is 377 g/mol. The number of nitrogens with zero attached hydrogens (tertiary/aromatic N) is 2. The summed E-state index contributed by atoms with van der Waals surface area (Å²) in [6.45, 7) is 13.6. The molecule has 28 heavy (non-hydrogen) atoms. The number of carbonyl (C=O) groups excluding carboxylic acids is 1. The molecule has 0 aromatic heterocycles. The fourth-order valence-corrected chi connectivity index (χ4v) is 4.85. The summed E-state index contributed by atoms with van der Waals surface area (Å²) in [7, 11) is 0.